The third kappa shape index (κ3) is 5.76. The molecule has 0 aliphatic carbocycles. The summed E-state index contributed by atoms with van der Waals surface area (Å²) in [6.45, 7) is 1.38. The highest BCUT2D eigenvalue weighted by Crippen LogP contribution is 2.04. The van der Waals surface area contributed by atoms with E-state index in [1.165, 1.54) is 0 Å². The molecular weight excluding hydrogens is 254 g/mol. The van der Waals surface area contributed by atoms with Crippen molar-refractivity contribution in [2.24, 2.45) is 5.73 Å². The van der Waals surface area contributed by atoms with E-state index >= 15 is 0 Å². The summed E-state index contributed by atoms with van der Waals surface area (Å²) in [7, 11) is -3.14. The minimum absolute atomic E-state index is 0.328. The third-order valence-electron chi connectivity index (χ3n) is 2.21. The zero-order valence-electron chi connectivity index (χ0n) is 10.1. The van der Waals surface area contributed by atoms with Gasteiger partial charge in [-0.1, -0.05) is 12.1 Å². The average molecular weight is 271 g/mol. The average Bonchev–Trinajstić information content (AvgIpc) is 2.27. The number of sulfonamides is 1. The number of nitrogens with one attached hydrogen (secondary N) is 2. The molecule has 0 heterocycles. The van der Waals surface area contributed by atoms with Crippen molar-refractivity contribution in [3.05, 3.63) is 35.4 Å². The smallest absolute Gasteiger partial charge is 0.248 e. The van der Waals surface area contributed by atoms with Crippen LogP contribution in [0.15, 0.2) is 24.3 Å². The lowest BCUT2D eigenvalue weighted by Crippen LogP contribution is -2.30. The summed E-state index contributed by atoms with van der Waals surface area (Å²) in [5.74, 6) is -0.462. The SMILES string of the molecule is CS(=O)(=O)NCCNCc1cccc(C(N)=O)c1. The van der Waals surface area contributed by atoms with Crippen LogP contribution in [0.5, 0.6) is 0 Å². The fourth-order valence-electron chi connectivity index (χ4n) is 1.39. The van der Waals surface area contributed by atoms with Gasteiger partial charge in [-0.05, 0) is 17.7 Å². The fourth-order valence-corrected chi connectivity index (χ4v) is 1.86. The monoisotopic (exact) mass is 271 g/mol. The lowest BCUT2D eigenvalue weighted by molar-refractivity contribution is 0.1000. The Bertz CT molecular complexity index is 514. The van der Waals surface area contributed by atoms with Crippen molar-refractivity contribution in [3.63, 3.8) is 0 Å². The maximum atomic E-state index is 11.0. The number of carbonyl (C=O) groups excluding carboxylic acids is 1. The first-order valence-electron chi connectivity index (χ1n) is 5.42. The van der Waals surface area contributed by atoms with Gasteiger partial charge in [0.2, 0.25) is 15.9 Å². The summed E-state index contributed by atoms with van der Waals surface area (Å²) in [5.41, 5.74) is 6.55. The van der Waals surface area contributed by atoms with Crippen molar-refractivity contribution in [1.29, 1.82) is 0 Å². The standard InChI is InChI=1S/C11H17N3O3S/c1-18(16,17)14-6-5-13-8-9-3-2-4-10(7-9)11(12)15/h2-4,7,13-14H,5-6,8H2,1H3,(H2,12,15). The quantitative estimate of drug-likeness (QED) is 0.578. The van der Waals surface area contributed by atoms with Crippen molar-refractivity contribution in [1.82, 2.24) is 10.0 Å². The largest absolute Gasteiger partial charge is 0.366 e. The van der Waals surface area contributed by atoms with Crippen LogP contribution in [-0.2, 0) is 16.6 Å². The van der Waals surface area contributed by atoms with Gasteiger partial charge in [0.1, 0.15) is 0 Å². The van der Waals surface area contributed by atoms with E-state index in [1.54, 1.807) is 18.2 Å². The molecule has 0 radical (unpaired) electrons. The summed E-state index contributed by atoms with van der Waals surface area (Å²) in [5, 5.41) is 3.06. The molecule has 100 valence electrons. The van der Waals surface area contributed by atoms with E-state index in [9.17, 15) is 13.2 Å². The first-order chi connectivity index (χ1) is 8.38. The summed E-state index contributed by atoms with van der Waals surface area (Å²) in [6, 6.07) is 6.98. The number of primary amides is 1. The second-order valence-electron chi connectivity index (χ2n) is 3.91. The number of amides is 1. The molecule has 1 aromatic carbocycles. The van der Waals surface area contributed by atoms with Crippen molar-refractivity contribution >= 4 is 15.9 Å². The molecule has 0 aliphatic heterocycles. The van der Waals surface area contributed by atoms with E-state index in [1.807, 2.05) is 6.07 Å². The molecule has 1 aromatic rings. The van der Waals surface area contributed by atoms with E-state index < -0.39 is 15.9 Å². The fraction of sp³-hybridized carbons (Fsp3) is 0.364. The molecule has 7 heteroatoms. The molecule has 4 N–H and O–H groups in total. The van der Waals surface area contributed by atoms with Crippen LogP contribution in [0.3, 0.4) is 0 Å². The summed E-state index contributed by atoms with van der Waals surface area (Å²) < 4.78 is 24.0. The van der Waals surface area contributed by atoms with E-state index in [4.69, 9.17) is 5.73 Å². The summed E-state index contributed by atoms with van der Waals surface area (Å²) in [6.07, 6.45) is 1.11. The molecule has 6 nitrogen and oxygen atoms in total. The molecular formula is C11H17N3O3S. The van der Waals surface area contributed by atoms with Crippen molar-refractivity contribution in [2.45, 2.75) is 6.54 Å². The molecule has 0 saturated carbocycles. The lowest BCUT2D eigenvalue weighted by Gasteiger charge is -2.06. The van der Waals surface area contributed by atoms with Crippen LogP contribution in [0.1, 0.15) is 15.9 Å². The number of nitrogens with two attached hydrogens (primary N) is 1. The Balaban J connectivity index is 2.36. The van der Waals surface area contributed by atoms with Gasteiger partial charge in [0, 0.05) is 25.2 Å². The molecule has 0 saturated heterocycles. The number of hydrogen-bond donors (Lipinski definition) is 3. The van der Waals surface area contributed by atoms with Gasteiger partial charge in [0.25, 0.3) is 0 Å². The second kappa shape index (κ2) is 6.48. The maximum Gasteiger partial charge on any atom is 0.248 e. The van der Waals surface area contributed by atoms with E-state index in [-0.39, 0.29) is 0 Å². The zero-order chi connectivity index (χ0) is 13.6. The first-order valence-corrected chi connectivity index (χ1v) is 7.32. The number of carbonyl (C=O) groups is 1. The normalized spacial score (nSPS) is 11.4. The Hall–Kier alpha value is -1.44. The number of rotatable bonds is 7. The highest BCUT2D eigenvalue weighted by atomic mass is 32.2. The van der Waals surface area contributed by atoms with Gasteiger partial charge in [-0.3, -0.25) is 4.79 Å². The molecule has 1 amide bonds. The predicted molar refractivity (Wildman–Crippen MR) is 69.5 cm³/mol. The second-order valence-corrected chi connectivity index (χ2v) is 5.74. The van der Waals surface area contributed by atoms with Crippen LogP contribution in [0.4, 0.5) is 0 Å². The molecule has 18 heavy (non-hydrogen) atoms. The number of hydrogen-bond acceptors (Lipinski definition) is 4. The van der Waals surface area contributed by atoms with Crippen LogP contribution in [0, 0.1) is 0 Å². The molecule has 0 aliphatic rings. The Kier molecular flexibility index (Phi) is 5.26. The molecule has 0 bridgehead atoms. The van der Waals surface area contributed by atoms with Crippen LogP contribution in [0.2, 0.25) is 0 Å². The van der Waals surface area contributed by atoms with Crippen molar-refractivity contribution < 1.29 is 13.2 Å². The Labute approximate surface area is 107 Å². The maximum absolute atomic E-state index is 11.0. The van der Waals surface area contributed by atoms with Crippen molar-refractivity contribution in [2.75, 3.05) is 19.3 Å². The van der Waals surface area contributed by atoms with Gasteiger partial charge in [0.15, 0.2) is 0 Å². The lowest BCUT2D eigenvalue weighted by atomic mass is 10.1. The van der Waals surface area contributed by atoms with Gasteiger partial charge in [-0.2, -0.15) is 0 Å². The molecule has 0 atom stereocenters. The van der Waals surface area contributed by atoms with Crippen LogP contribution in [0.25, 0.3) is 0 Å². The topological polar surface area (TPSA) is 101 Å². The van der Waals surface area contributed by atoms with E-state index in [0.29, 0.717) is 25.2 Å². The molecule has 1 rings (SSSR count). The molecule has 0 fully saturated rings. The highest BCUT2D eigenvalue weighted by molar-refractivity contribution is 7.88. The van der Waals surface area contributed by atoms with Gasteiger partial charge in [-0.25, -0.2) is 13.1 Å². The summed E-state index contributed by atoms with van der Waals surface area (Å²) in [4.78, 5) is 11.0. The Morgan fingerprint density at radius 2 is 2.06 bits per heavy atom. The van der Waals surface area contributed by atoms with Crippen LogP contribution >= 0.6 is 0 Å². The van der Waals surface area contributed by atoms with Gasteiger partial charge in [0.05, 0.1) is 6.26 Å². The van der Waals surface area contributed by atoms with Gasteiger partial charge in [-0.15, -0.1) is 0 Å². The van der Waals surface area contributed by atoms with E-state index in [2.05, 4.69) is 10.0 Å². The Morgan fingerprint density at radius 1 is 1.33 bits per heavy atom. The van der Waals surface area contributed by atoms with Crippen LogP contribution < -0.4 is 15.8 Å². The van der Waals surface area contributed by atoms with Gasteiger partial charge >= 0.3 is 0 Å². The zero-order valence-corrected chi connectivity index (χ0v) is 11.0. The Morgan fingerprint density at radius 3 is 2.67 bits per heavy atom. The molecule has 0 unspecified atom stereocenters. The van der Waals surface area contributed by atoms with E-state index in [0.717, 1.165) is 11.8 Å². The first kappa shape index (κ1) is 14.6. The number of benzene rings is 1. The molecule has 0 spiro atoms. The predicted octanol–water partition coefficient (Wildman–Crippen LogP) is -0.576. The van der Waals surface area contributed by atoms with Crippen molar-refractivity contribution in [3.8, 4) is 0 Å². The highest BCUT2D eigenvalue weighted by Gasteiger charge is 2.01. The van der Waals surface area contributed by atoms with Gasteiger partial charge < -0.3 is 11.1 Å². The van der Waals surface area contributed by atoms with Crippen LogP contribution in [-0.4, -0.2) is 33.7 Å². The minimum Gasteiger partial charge on any atom is -0.366 e. The third-order valence-corrected chi connectivity index (χ3v) is 2.94. The summed E-state index contributed by atoms with van der Waals surface area (Å²) >= 11 is 0. The minimum atomic E-state index is -3.14. The molecule has 0 aromatic heterocycles.